The maximum Gasteiger partial charge on any atom is 0.0580 e. The summed E-state index contributed by atoms with van der Waals surface area (Å²) in [5.41, 5.74) is 0. The van der Waals surface area contributed by atoms with Gasteiger partial charge in [-0.2, -0.15) is 0 Å². The molecule has 2 nitrogen and oxygen atoms in total. The highest BCUT2D eigenvalue weighted by atomic mass is 16.3. The highest BCUT2D eigenvalue weighted by Crippen LogP contribution is 2.28. The average molecular weight is 157 g/mol. The van der Waals surface area contributed by atoms with Crippen LogP contribution in [0.25, 0.3) is 0 Å². The highest BCUT2D eigenvalue weighted by molar-refractivity contribution is 4.74. The number of nitrogens with one attached hydrogen (secondary N) is 1. The van der Waals surface area contributed by atoms with Gasteiger partial charge in [-0.1, -0.05) is 12.8 Å². The molecule has 0 heterocycles. The van der Waals surface area contributed by atoms with Crippen LogP contribution in [-0.2, 0) is 0 Å². The Labute approximate surface area is 69.0 Å². The largest absolute Gasteiger partial charge is 0.393 e. The van der Waals surface area contributed by atoms with Crippen LogP contribution in [0.2, 0.25) is 0 Å². The van der Waals surface area contributed by atoms with Gasteiger partial charge in [0.15, 0.2) is 0 Å². The first-order chi connectivity index (χ1) is 5.34. The number of hydrogen-bond donors (Lipinski definition) is 2. The Kier molecular flexibility index (Phi) is 3.87. The second-order valence-electron chi connectivity index (χ2n) is 3.50. The van der Waals surface area contributed by atoms with E-state index in [1.807, 2.05) is 7.05 Å². The molecule has 0 spiro atoms. The third-order valence-electron chi connectivity index (χ3n) is 2.63. The van der Waals surface area contributed by atoms with Gasteiger partial charge in [0.25, 0.3) is 0 Å². The van der Waals surface area contributed by atoms with Crippen LogP contribution in [0.5, 0.6) is 0 Å². The van der Waals surface area contributed by atoms with Crippen molar-refractivity contribution in [3.63, 3.8) is 0 Å². The number of aliphatic hydroxyl groups excluding tert-OH is 1. The first-order valence-electron chi connectivity index (χ1n) is 4.67. The van der Waals surface area contributed by atoms with E-state index in [9.17, 15) is 5.11 Å². The van der Waals surface area contributed by atoms with E-state index in [-0.39, 0.29) is 6.10 Å². The zero-order valence-electron chi connectivity index (χ0n) is 7.34. The minimum Gasteiger partial charge on any atom is -0.393 e. The van der Waals surface area contributed by atoms with Crippen molar-refractivity contribution in [2.24, 2.45) is 5.92 Å². The summed E-state index contributed by atoms with van der Waals surface area (Å²) in [6.07, 6.45) is 5.99. The third kappa shape index (κ3) is 2.80. The summed E-state index contributed by atoms with van der Waals surface area (Å²) in [5.74, 6) is 0.600. The van der Waals surface area contributed by atoms with Gasteiger partial charge < -0.3 is 10.4 Å². The topological polar surface area (TPSA) is 32.3 Å². The van der Waals surface area contributed by atoms with Crippen LogP contribution in [0.3, 0.4) is 0 Å². The molecule has 0 aromatic heterocycles. The fourth-order valence-corrected chi connectivity index (χ4v) is 1.87. The van der Waals surface area contributed by atoms with Crippen LogP contribution < -0.4 is 5.32 Å². The second kappa shape index (κ2) is 4.73. The van der Waals surface area contributed by atoms with E-state index < -0.39 is 0 Å². The van der Waals surface area contributed by atoms with Gasteiger partial charge in [0.1, 0.15) is 0 Å². The Morgan fingerprint density at radius 3 is 2.64 bits per heavy atom. The minimum atomic E-state index is -0.0510. The fraction of sp³-hybridized carbons (Fsp3) is 1.00. The van der Waals surface area contributed by atoms with Crippen molar-refractivity contribution in [1.29, 1.82) is 0 Å². The molecule has 0 bridgehead atoms. The van der Waals surface area contributed by atoms with Crippen LogP contribution in [-0.4, -0.2) is 24.8 Å². The SMILES string of the molecule is CNCCC(O)C1CCCC1. The van der Waals surface area contributed by atoms with Gasteiger partial charge in [-0.05, 0) is 38.8 Å². The van der Waals surface area contributed by atoms with Crippen LogP contribution in [0.4, 0.5) is 0 Å². The summed E-state index contributed by atoms with van der Waals surface area (Å²) in [7, 11) is 1.93. The van der Waals surface area contributed by atoms with E-state index in [0.717, 1.165) is 13.0 Å². The molecule has 1 unspecified atom stereocenters. The lowest BCUT2D eigenvalue weighted by Gasteiger charge is -2.16. The van der Waals surface area contributed by atoms with Crippen molar-refractivity contribution < 1.29 is 5.11 Å². The molecule has 1 rings (SSSR count). The van der Waals surface area contributed by atoms with Crippen molar-refractivity contribution in [3.8, 4) is 0 Å². The van der Waals surface area contributed by atoms with Gasteiger partial charge in [-0.3, -0.25) is 0 Å². The lowest BCUT2D eigenvalue weighted by atomic mass is 9.98. The van der Waals surface area contributed by atoms with Gasteiger partial charge in [-0.25, -0.2) is 0 Å². The van der Waals surface area contributed by atoms with Crippen LogP contribution in [0.1, 0.15) is 32.1 Å². The summed E-state index contributed by atoms with van der Waals surface area (Å²) < 4.78 is 0. The normalized spacial score (nSPS) is 22.4. The Bertz CT molecular complexity index is 99.7. The van der Waals surface area contributed by atoms with Gasteiger partial charge in [0.05, 0.1) is 6.10 Å². The van der Waals surface area contributed by atoms with E-state index in [2.05, 4.69) is 5.32 Å². The molecule has 1 atom stereocenters. The molecular weight excluding hydrogens is 138 g/mol. The molecule has 0 amide bonds. The number of aliphatic hydroxyl groups is 1. The Morgan fingerprint density at radius 1 is 1.45 bits per heavy atom. The lowest BCUT2D eigenvalue weighted by Crippen LogP contribution is -2.22. The Hall–Kier alpha value is -0.0800. The van der Waals surface area contributed by atoms with Gasteiger partial charge in [0, 0.05) is 0 Å². The molecule has 2 N–H and O–H groups in total. The Morgan fingerprint density at radius 2 is 2.09 bits per heavy atom. The summed E-state index contributed by atoms with van der Waals surface area (Å²) in [4.78, 5) is 0. The third-order valence-corrected chi connectivity index (χ3v) is 2.63. The van der Waals surface area contributed by atoms with Crippen LogP contribution >= 0.6 is 0 Å². The average Bonchev–Trinajstić information content (AvgIpc) is 2.52. The first-order valence-corrected chi connectivity index (χ1v) is 4.67. The van der Waals surface area contributed by atoms with Gasteiger partial charge in [0.2, 0.25) is 0 Å². The fourth-order valence-electron chi connectivity index (χ4n) is 1.87. The minimum absolute atomic E-state index is 0.0510. The van der Waals surface area contributed by atoms with Crippen molar-refractivity contribution >= 4 is 0 Å². The molecule has 0 radical (unpaired) electrons. The van der Waals surface area contributed by atoms with Crippen LogP contribution in [0.15, 0.2) is 0 Å². The van der Waals surface area contributed by atoms with Crippen molar-refractivity contribution in [3.05, 3.63) is 0 Å². The van der Waals surface area contributed by atoms with Crippen LogP contribution in [0, 0.1) is 5.92 Å². The molecule has 2 heteroatoms. The smallest absolute Gasteiger partial charge is 0.0580 e. The monoisotopic (exact) mass is 157 g/mol. The summed E-state index contributed by atoms with van der Waals surface area (Å²) in [6, 6.07) is 0. The molecule has 66 valence electrons. The standard InChI is InChI=1S/C9H19NO/c1-10-7-6-9(11)8-4-2-3-5-8/h8-11H,2-7H2,1H3. The van der Waals surface area contributed by atoms with Gasteiger partial charge in [-0.15, -0.1) is 0 Å². The molecule has 11 heavy (non-hydrogen) atoms. The van der Waals surface area contributed by atoms with Gasteiger partial charge >= 0.3 is 0 Å². The Balaban J connectivity index is 2.12. The highest BCUT2D eigenvalue weighted by Gasteiger charge is 2.22. The van der Waals surface area contributed by atoms with E-state index >= 15 is 0 Å². The quantitative estimate of drug-likeness (QED) is 0.641. The number of hydrogen-bond acceptors (Lipinski definition) is 2. The van der Waals surface area contributed by atoms with E-state index in [4.69, 9.17) is 0 Å². The predicted molar refractivity (Wildman–Crippen MR) is 46.5 cm³/mol. The molecule has 1 aliphatic carbocycles. The molecule has 0 aliphatic heterocycles. The molecular formula is C9H19NO. The molecule has 0 saturated heterocycles. The van der Waals surface area contributed by atoms with E-state index in [0.29, 0.717) is 5.92 Å². The molecule has 1 fully saturated rings. The summed E-state index contributed by atoms with van der Waals surface area (Å²) in [6.45, 7) is 0.942. The molecule has 1 saturated carbocycles. The summed E-state index contributed by atoms with van der Waals surface area (Å²) >= 11 is 0. The molecule has 1 aliphatic rings. The second-order valence-corrected chi connectivity index (χ2v) is 3.50. The maximum atomic E-state index is 9.64. The van der Waals surface area contributed by atoms with Crippen molar-refractivity contribution in [1.82, 2.24) is 5.32 Å². The first kappa shape index (κ1) is 9.01. The molecule has 0 aromatic carbocycles. The number of rotatable bonds is 4. The molecule has 0 aromatic rings. The van der Waals surface area contributed by atoms with E-state index in [1.54, 1.807) is 0 Å². The lowest BCUT2D eigenvalue weighted by molar-refractivity contribution is 0.102. The maximum absolute atomic E-state index is 9.64. The van der Waals surface area contributed by atoms with Crippen molar-refractivity contribution in [2.45, 2.75) is 38.2 Å². The van der Waals surface area contributed by atoms with Crippen molar-refractivity contribution in [2.75, 3.05) is 13.6 Å². The van der Waals surface area contributed by atoms with E-state index in [1.165, 1.54) is 25.7 Å². The predicted octanol–water partition coefficient (Wildman–Crippen LogP) is 1.15. The zero-order valence-corrected chi connectivity index (χ0v) is 7.34. The summed E-state index contributed by atoms with van der Waals surface area (Å²) in [5, 5.41) is 12.7. The zero-order chi connectivity index (χ0) is 8.10.